The van der Waals surface area contributed by atoms with Crippen molar-refractivity contribution >= 4 is 21.9 Å². The summed E-state index contributed by atoms with van der Waals surface area (Å²) in [7, 11) is 1.38. The SMILES string of the molecule is C#CCCCCNCC(Br)C(=O)OC. The van der Waals surface area contributed by atoms with Gasteiger partial charge in [0.2, 0.25) is 0 Å². The van der Waals surface area contributed by atoms with Crippen molar-refractivity contribution in [1.29, 1.82) is 0 Å². The third-order valence-corrected chi connectivity index (χ3v) is 2.40. The van der Waals surface area contributed by atoms with Crippen molar-refractivity contribution in [1.82, 2.24) is 5.32 Å². The Labute approximate surface area is 93.7 Å². The van der Waals surface area contributed by atoms with Gasteiger partial charge in [-0.1, -0.05) is 15.9 Å². The van der Waals surface area contributed by atoms with Gasteiger partial charge in [-0.3, -0.25) is 4.79 Å². The summed E-state index contributed by atoms with van der Waals surface area (Å²) in [6, 6.07) is 0. The van der Waals surface area contributed by atoms with Crippen molar-refractivity contribution < 1.29 is 9.53 Å². The van der Waals surface area contributed by atoms with E-state index in [0.717, 1.165) is 25.8 Å². The van der Waals surface area contributed by atoms with Gasteiger partial charge < -0.3 is 10.1 Å². The van der Waals surface area contributed by atoms with Gasteiger partial charge in [0.25, 0.3) is 0 Å². The van der Waals surface area contributed by atoms with Crippen molar-refractivity contribution in [3.8, 4) is 12.3 Å². The standard InChI is InChI=1S/C10H16BrNO2/c1-3-4-5-6-7-12-8-9(11)10(13)14-2/h1,9,12H,4-8H2,2H3. The molecule has 80 valence electrons. The van der Waals surface area contributed by atoms with E-state index in [4.69, 9.17) is 6.42 Å². The normalized spacial score (nSPS) is 11.8. The first-order valence-electron chi connectivity index (χ1n) is 4.58. The molecule has 0 heterocycles. The highest BCUT2D eigenvalue weighted by atomic mass is 79.9. The van der Waals surface area contributed by atoms with Gasteiger partial charge in [0, 0.05) is 13.0 Å². The van der Waals surface area contributed by atoms with Crippen LogP contribution in [0, 0.1) is 12.3 Å². The number of hydrogen-bond donors (Lipinski definition) is 1. The molecule has 0 amide bonds. The van der Waals surface area contributed by atoms with Gasteiger partial charge in [0.15, 0.2) is 0 Å². The zero-order chi connectivity index (χ0) is 10.8. The van der Waals surface area contributed by atoms with Gasteiger partial charge in [-0.15, -0.1) is 12.3 Å². The number of hydrogen-bond acceptors (Lipinski definition) is 3. The Kier molecular flexibility index (Phi) is 8.70. The Morgan fingerprint density at radius 2 is 2.36 bits per heavy atom. The monoisotopic (exact) mass is 261 g/mol. The summed E-state index contributed by atoms with van der Waals surface area (Å²) in [5.74, 6) is 2.33. The van der Waals surface area contributed by atoms with E-state index in [1.807, 2.05) is 0 Å². The summed E-state index contributed by atoms with van der Waals surface area (Å²) < 4.78 is 4.56. The fraction of sp³-hybridized carbons (Fsp3) is 0.700. The molecule has 14 heavy (non-hydrogen) atoms. The highest BCUT2D eigenvalue weighted by molar-refractivity contribution is 9.10. The Morgan fingerprint density at radius 1 is 1.64 bits per heavy atom. The van der Waals surface area contributed by atoms with Crippen molar-refractivity contribution in [2.24, 2.45) is 0 Å². The van der Waals surface area contributed by atoms with E-state index < -0.39 is 0 Å². The van der Waals surface area contributed by atoms with Crippen LogP contribution in [-0.4, -0.2) is 31.0 Å². The molecule has 0 aliphatic heterocycles. The number of esters is 1. The molecular weight excluding hydrogens is 246 g/mol. The van der Waals surface area contributed by atoms with E-state index in [0.29, 0.717) is 6.54 Å². The Hall–Kier alpha value is -0.530. The third-order valence-electron chi connectivity index (χ3n) is 1.71. The molecule has 4 heteroatoms. The molecule has 0 aliphatic rings. The van der Waals surface area contributed by atoms with Gasteiger partial charge in [-0.25, -0.2) is 0 Å². The van der Waals surface area contributed by atoms with Crippen LogP contribution in [-0.2, 0) is 9.53 Å². The predicted molar refractivity (Wildman–Crippen MR) is 60.3 cm³/mol. The number of terminal acetylenes is 1. The number of alkyl halides is 1. The first kappa shape index (κ1) is 13.5. The van der Waals surface area contributed by atoms with Crippen LogP contribution in [0.3, 0.4) is 0 Å². The highest BCUT2D eigenvalue weighted by Gasteiger charge is 2.13. The second kappa shape index (κ2) is 9.04. The third kappa shape index (κ3) is 6.93. The molecule has 0 rings (SSSR count). The first-order chi connectivity index (χ1) is 6.72. The van der Waals surface area contributed by atoms with E-state index in [2.05, 4.69) is 31.9 Å². The zero-order valence-corrected chi connectivity index (χ0v) is 9.97. The van der Waals surface area contributed by atoms with Crippen molar-refractivity contribution in [2.45, 2.75) is 24.1 Å². The van der Waals surface area contributed by atoms with Crippen LogP contribution in [0.2, 0.25) is 0 Å². The van der Waals surface area contributed by atoms with Crippen molar-refractivity contribution in [2.75, 3.05) is 20.2 Å². The topological polar surface area (TPSA) is 38.3 Å². The molecule has 0 saturated heterocycles. The molecule has 1 N–H and O–H groups in total. The number of halogens is 1. The Balaban J connectivity index is 3.28. The summed E-state index contributed by atoms with van der Waals surface area (Å²) in [6.07, 6.45) is 7.98. The van der Waals surface area contributed by atoms with Gasteiger partial charge >= 0.3 is 5.97 Å². The van der Waals surface area contributed by atoms with Crippen LogP contribution >= 0.6 is 15.9 Å². The van der Waals surface area contributed by atoms with Crippen LogP contribution in [0.5, 0.6) is 0 Å². The molecular formula is C10H16BrNO2. The molecule has 0 fully saturated rings. The minimum Gasteiger partial charge on any atom is -0.468 e. The van der Waals surface area contributed by atoms with Crippen molar-refractivity contribution in [3.63, 3.8) is 0 Å². The summed E-state index contributed by atoms with van der Waals surface area (Å²) in [4.78, 5) is 10.7. The second-order valence-corrected chi connectivity index (χ2v) is 3.96. The number of carbonyl (C=O) groups excluding carboxylic acids is 1. The summed E-state index contributed by atoms with van der Waals surface area (Å²) in [6.45, 7) is 1.46. The fourth-order valence-corrected chi connectivity index (χ4v) is 1.33. The van der Waals surface area contributed by atoms with Crippen LogP contribution < -0.4 is 5.32 Å². The van der Waals surface area contributed by atoms with Crippen molar-refractivity contribution in [3.05, 3.63) is 0 Å². The summed E-state index contributed by atoms with van der Waals surface area (Å²) >= 11 is 3.22. The lowest BCUT2D eigenvalue weighted by atomic mass is 10.2. The maximum absolute atomic E-state index is 10.9. The lowest BCUT2D eigenvalue weighted by Gasteiger charge is -2.08. The maximum atomic E-state index is 10.9. The number of methoxy groups -OCH3 is 1. The first-order valence-corrected chi connectivity index (χ1v) is 5.50. The Morgan fingerprint density at radius 3 is 2.93 bits per heavy atom. The minimum atomic E-state index is -0.264. The zero-order valence-electron chi connectivity index (χ0n) is 8.38. The fourth-order valence-electron chi connectivity index (χ4n) is 0.917. The molecule has 0 radical (unpaired) electrons. The quantitative estimate of drug-likeness (QED) is 0.325. The smallest absolute Gasteiger partial charge is 0.320 e. The largest absolute Gasteiger partial charge is 0.468 e. The minimum absolute atomic E-state index is 0.249. The van der Waals surface area contributed by atoms with E-state index in [-0.39, 0.29) is 10.8 Å². The lowest BCUT2D eigenvalue weighted by Crippen LogP contribution is -2.30. The number of nitrogens with one attached hydrogen (secondary N) is 1. The number of ether oxygens (including phenoxy) is 1. The summed E-state index contributed by atoms with van der Waals surface area (Å²) in [5, 5.41) is 3.14. The molecule has 0 aliphatic carbocycles. The number of carbonyl (C=O) groups is 1. The van der Waals surface area contributed by atoms with Crippen LogP contribution in [0.4, 0.5) is 0 Å². The highest BCUT2D eigenvalue weighted by Crippen LogP contribution is 2.00. The molecule has 0 saturated carbocycles. The predicted octanol–water partition coefficient (Wildman–Crippen LogP) is 1.32. The molecule has 0 aromatic carbocycles. The number of rotatable bonds is 7. The Bertz CT molecular complexity index is 201. The van der Waals surface area contributed by atoms with Crippen LogP contribution in [0.15, 0.2) is 0 Å². The molecule has 1 unspecified atom stereocenters. The summed E-state index contributed by atoms with van der Waals surface area (Å²) in [5.41, 5.74) is 0. The molecule has 0 bridgehead atoms. The van der Waals surface area contributed by atoms with Crippen LogP contribution in [0.1, 0.15) is 19.3 Å². The molecule has 0 spiro atoms. The van der Waals surface area contributed by atoms with Crippen LogP contribution in [0.25, 0.3) is 0 Å². The van der Waals surface area contributed by atoms with Gasteiger partial charge in [0.1, 0.15) is 4.83 Å². The molecule has 0 aromatic rings. The molecule has 1 atom stereocenters. The van der Waals surface area contributed by atoms with E-state index in [1.54, 1.807) is 0 Å². The maximum Gasteiger partial charge on any atom is 0.320 e. The molecule has 3 nitrogen and oxygen atoms in total. The van der Waals surface area contributed by atoms with Gasteiger partial charge in [0.05, 0.1) is 7.11 Å². The molecule has 0 aromatic heterocycles. The van der Waals surface area contributed by atoms with E-state index >= 15 is 0 Å². The number of unbranched alkanes of at least 4 members (excludes halogenated alkanes) is 2. The lowest BCUT2D eigenvalue weighted by molar-refractivity contribution is -0.139. The van der Waals surface area contributed by atoms with Gasteiger partial charge in [-0.2, -0.15) is 0 Å². The average Bonchev–Trinajstić information content (AvgIpc) is 2.21. The second-order valence-electron chi connectivity index (χ2n) is 2.86. The average molecular weight is 262 g/mol. The van der Waals surface area contributed by atoms with E-state index in [9.17, 15) is 4.79 Å². The van der Waals surface area contributed by atoms with Gasteiger partial charge in [-0.05, 0) is 19.4 Å². The van der Waals surface area contributed by atoms with E-state index in [1.165, 1.54) is 7.11 Å².